The fraction of sp³-hybridized carbons (Fsp3) is 0.611. The van der Waals surface area contributed by atoms with E-state index in [1.54, 1.807) is 12.1 Å². The van der Waals surface area contributed by atoms with Gasteiger partial charge in [0.25, 0.3) is 0 Å². The molecule has 1 aliphatic heterocycles. The van der Waals surface area contributed by atoms with Gasteiger partial charge in [0.05, 0.1) is 12.6 Å². The molecule has 0 spiro atoms. The van der Waals surface area contributed by atoms with Crippen LogP contribution in [-0.4, -0.2) is 49.8 Å². The normalized spacial score (nSPS) is 15.7. The zero-order valence-corrected chi connectivity index (χ0v) is 17.6. The molecule has 0 amide bonds. The molecular weight excluding hydrogens is 455 g/mol. The van der Waals surface area contributed by atoms with Crippen LogP contribution in [-0.2, 0) is 11.3 Å². The van der Waals surface area contributed by atoms with Gasteiger partial charge in [0.1, 0.15) is 5.75 Å². The minimum atomic E-state index is -2.82. The highest BCUT2D eigenvalue weighted by molar-refractivity contribution is 14.0. The van der Waals surface area contributed by atoms with E-state index in [1.165, 1.54) is 6.07 Å². The molecule has 2 rings (SSSR count). The number of nitrogens with one attached hydrogen (secondary N) is 1. The second-order valence-electron chi connectivity index (χ2n) is 5.84. The molecule has 1 heterocycles. The molecular formula is C18H28F2IN3O2. The summed E-state index contributed by atoms with van der Waals surface area (Å²) in [7, 11) is 0. The van der Waals surface area contributed by atoms with Crippen LogP contribution in [0.5, 0.6) is 5.75 Å². The Kier molecular flexibility index (Phi) is 10.8. The SMILES string of the molecule is CCNC(=NCc1cccc(OC(F)F)c1)N1CCC(OCC)CC1.I. The molecule has 1 aromatic carbocycles. The zero-order valence-electron chi connectivity index (χ0n) is 15.3. The number of ether oxygens (including phenoxy) is 2. The first-order chi connectivity index (χ1) is 12.1. The van der Waals surface area contributed by atoms with Gasteiger partial charge in [-0.05, 0) is 44.4 Å². The maximum Gasteiger partial charge on any atom is 0.387 e. The lowest BCUT2D eigenvalue weighted by atomic mass is 10.1. The van der Waals surface area contributed by atoms with Crippen molar-refractivity contribution in [2.75, 3.05) is 26.2 Å². The van der Waals surface area contributed by atoms with Crippen LogP contribution in [0.3, 0.4) is 0 Å². The summed E-state index contributed by atoms with van der Waals surface area (Å²) in [5.41, 5.74) is 0.831. The van der Waals surface area contributed by atoms with Gasteiger partial charge in [-0.1, -0.05) is 12.1 Å². The van der Waals surface area contributed by atoms with E-state index in [0.717, 1.165) is 50.6 Å². The van der Waals surface area contributed by atoms with Crippen LogP contribution in [0, 0.1) is 0 Å². The van der Waals surface area contributed by atoms with Gasteiger partial charge in [0.15, 0.2) is 5.96 Å². The molecule has 1 fully saturated rings. The molecule has 0 aliphatic carbocycles. The predicted octanol–water partition coefficient (Wildman–Crippen LogP) is 3.87. The van der Waals surface area contributed by atoms with Crippen LogP contribution in [0.2, 0.25) is 0 Å². The van der Waals surface area contributed by atoms with Crippen molar-refractivity contribution in [2.24, 2.45) is 4.99 Å². The second-order valence-corrected chi connectivity index (χ2v) is 5.84. The van der Waals surface area contributed by atoms with Gasteiger partial charge >= 0.3 is 6.61 Å². The first kappa shape index (κ1) is 22.9. The smallest absolute Gasteiger partial charge is 0.387 e. The van der Waals surface area contributed by atoms with Crippen LogP contribution in [0.1, 0.15) is 32.3 Å². The number of likely N-dealkylation sites (tertiary alicyclic amines) is 1. The summed E-state index contributed by atoms with van der Waals surface area (Å²) in [6.45, 7) is 4.95. The molecule has 8 heteroatoms. The first-order valence-electron chi connectivity index (χ1n) is 8.81. The summed E-state index contributed by atoms with van der Waals surface area (Å²) in [6.07, 6.45) is 2.29. The molecule has 26 heavy (non-hydrogen) atoms. The van der Waals surface area contributed by atoms with Crippen LogP contribution in [0.25, 0.3) is 0 Å². The van der Waals surface area contributed by atoms with Crippen LogP contribution >= 0.6 is 24.0 Å². The first-order valence-corrected chi connectivity index (χ1v) is 8.81. The van der Waals surface area contributed by atoms with Crippen molar-refractivity contribution in [1.82, 2.24) is 10.2 Å². The maximum absolute atomic E-state index is 12.3. The average molecular weight is 483 g/mol. The summed E-state index contributed by atoms with van der Waals surface area (Å²) < 4.78 is 34.8. The third-order valence-corrected chi connectivity index (χ3v) is 4.01. The molecule has 0 unspecified atom stereocenters. The Hall–Kier alpha value is -1.16. The molecule has 1 aromatic rings. The van der Waals surface area contributed by atoms with Crippen molar-refractivity contribution in [1.29, 1.82) is 0 Å². The fourth-order valence-corrected chi connectivity index (χ4v) is 2.88. The second kappa shape index (κ2) is 12.3. The van der Waals surface area contributed by atoms with Crippen LogP contribution in [0.15, 0.2) is 29.3 Å². The summed E-state index contributed by atoms with van der Waals surface area (Å²) in [4.78, 5) is 6.87. The lowest BCUT2D eigenvalue weighted by Gasteiger charge is -2.34. The third-order valence-electron chi connectivity index (χ3n) is 4.01. The predicted molar refractivity (Wildman–Crippen MR) is 110 cm³/mol. The number of nitrogens with zero attached hydrogens (tertiary/aromatic N) is 2. The molecule has 1 aliphatic rings. The monoisotopic (exact) mass is 483 g/mol. The Labute approximate surface area is 171 Å². The molecule has 0 radical (unpaired) electrons. The molecule has 0 aromatic heterocycles. The number of piperidine rings is 1. The molecule has 0 bridgehead atoms. The number of rotatable bonds is 7. The summed E-state index contributed by atoms with van der Waals surface area (Å²) >= 11 is 0. The summed E-state index contributed by atoms with van der Waals surface area (Å²) in [5.74, 6) is 1.00. The van der Waals surface area contributed by atoms with E-state index in [9.17, 15) is 8.78 Å². The van der Waals surface area contributed by atoms with Gasteiger partial charge in [-0.15, -0.1) is 24.0 Å². The topological polar surface area (TPSA) is 46.1 Å². The molecule has 1 saturated heterocycles. The minimum absolute atomic E-state index is 0. The van der Waals surface area contributed by atoms with Crippen molar-refractivity contribution in [2.45, 2.75) is 45.9 Å². The number of hydrogen-bond acceptors (Lipinski definition) is 3. The van der Waals surface area contributed by atoms with E-state index in [1.807, 2.05) is 19.9 Å². The van der Waals surface area contributed by atoms with E-state index in [-0.39, 0.29) is 29.7 Å². The molecule has 1 N–H and O–H groups in total. The molecule has 0 atom stereocenters. The number of benzene rings is 1. The Morgan fingerprint density at radius 2 is 2.04 bits per heavy atom. The van der Waals surface area contributed by atoms with Gasteiger partial charge in [0, 0.05) is 26.2 Å². The number of halogens is 3. The Morgan fingerprint density at radius 1 is 1.31 bits per heavy atom. The maximum atomic E-state index is 12.3. The Balaban J connectivity index is 0.00000338. The van der Waals surface area contributed by atoms with Crippen molar-refractivity contribution in [3.05, 3.63) is 29.8 Å². The highest BCUT2D eigenvalue weighted by Gasteiger charge is 2.21. The van der Waals surface area contributed by atoms with Crippen molar-refractivity contribution >= 4 is 29.9 Å². The minimum Gasteiger partial charge on any atom is -0.435 e. The van der Waals surface area contributed by atoms with Crippen LogP contribution < -0.4 is 10.1 Å². The average Bonchev–Trinajstić information content (AvgIpc) is 2.59. The number of alkyl halides is 2. The largest absolute Gasteiger partial charge is 0.435 e. The van der Waals surface area contributed by atoms with Gasteiger partial charge < -0.3 is 19.7 Å². The van der Waals surface area contributed by atoms with Crippen LogP contribution in [0.4, 0.5) is 8.78 Å². The quantitative estimate of drug-likeness (QED) is 0.364. The van der Waals surface area contributed by atoms with E-state index in [0.29, 0.717) is 12.6 Å². The molecule has 0 saturated carbocycles. The number of hydrogen-bond donors (Lipinski definition) is 1. The lowest BCUT2D eigenvalue weighted by molar-refractivity contribution is -0.0498. The van der Waals surface area contributed by atoms with E-state index in [4.69, 9.17) is 4.74 Å². The highest BCUT2D eigenvalue weighted by Crippen LogP contribution is 2.17. The lowest BCUT2D eigenvalue weighted by Crippen LogP contribution is -2.47. The van der Waals surface area contributed by atoms with Gasteiger partial charge in [-0.3, -0.25) is 0 Å². The highest BCUT2D eigenvalue weighted by atomic mass is 127. The van der Waals surface area contributed by atoms with Crippen molar-refractivity contribution in [3.8, 4) is 5.75 Å². The van der Waals surface area contributed by atoms with Crippen molar-refractivity contribution < 1.29 is 18.3 Å². The standard InChI is InChI=1S/C18H27F2N3O2.HI/c1-3-21-18(23-10-8-15(9-11-23)24-4-2)22-13-14-6-5-7-16(12-14)25-17(19)20;/h5-7,12,15,17H,3-4,8-11,13H2,1-2H3,(H,21,22);1H. The Bertz CT molecular complexity index is 553. The van der Waals surface area contributed by atoms with Gasteiger partial charge in [-0.25, -0.2) is 4.99 Å². The van der Waals surface area contributed by atoms with E-state index >= 15 is 0 Å². The van der Waals surface area contributed by atoms with E-state index in [2.05, 4.69) is 19.9 Å². The van der Waals surface area contributed by atoms with Gasteiger partial charge in [0.2, 0.25) is 0 Å². The summed E-state index contributed by atoms with van der Waals surface area (Å²) in [5, 5.41) is 3.30. The molecule has 148 valence electrons. The Morgan fingerprint density at radius 3 is 2.65 bits per heavy atom. The number of guanidine groups is 1. The third kappa shape index (κ3) is 7.61. The zero-order chi connectivity index (χ0) is 18.1. The van der Waals surface area contributed by atoms with Gasteiger partial charge in [-0.2, -0.15) is 8.78 Å². The van der Waals surface area contributed by atoms with E-state index < -0.39 is 6.61 Å². The summed E-state index contributed by atoms with van der Waals surface area (Å²) in [6, 6.07) is 6.67. The van der Waals surface area contributed by atoms with Crippen molar-refractivity contribution in [3.63, 3.8) is 0 Å². The number of aliphatic imine (C=N–C) groups is 1. The molecule has 5 nitrogen and oxygen atoms in total. The fourth-order valence-electron chi connectivity index (χ4n) is 2.88.